The van der Waals surface area contributed by atoms with Gasteiger partial charge in [0.25, 0.3) is 0 Å². The van der Waals surface area contributed by atoms with Gasteiger partial charge in [-0.15, -0.1) is 0 Å². The van der Waals surface area contributed by atoms with Crippen LogP contribution in [-0.2, 0) is 13.2 Å². The lowest BCUT2D eigenvalue weighted by molar-refractivity contribution is 0.244. The number of aliphatic hydroxyl groups is 1. The minimum atomic E-state index is -0.0827. The van der Waals surface area contributed by atoms with E-state index in [-0.39, 0.29) is 6.61 Å². The number of aliphatic hydroxyl groups excluding tert-OH is 1. The fraction of sp³-hybridized carbons (Fsp3) is 0.286. The Balaban J connectivity index is 2.14. The molecule has 0 aliphatic rings. The number of furan rings is 1. The second-order valence-corrected chi connectivity index (χ2v) is 5.10. The van der Waals surface area contributed by atoms with E-state index in [0.29, 0.717) is 12.3 Å². The first kappa shape index (κ1) is 14.0. The Morgan fingerprint density at radius 3 is 2.68 bits per heavy atom. The molecule has 0 bridgehead atoms. The monoisotopic (exact) mass is 325 g/mol. The van der Waals surface area contributed by atoms with Gasteiger partial charge in [-0.25, -0.2) is 0 Å². The molecule has 1 aromatic heterocycles. The van der Waals surface area contributed by atoms with Crippen LogP contribution in [0.4, 0.5) is 5.69 Å². The highest BCUT2D eigenvalue weighted by Gasteiger charge is 2.09. The topological polar surface area (TPSA) is 54.6 Å². The molecule has 5 heteroatoms. The molecule has 2 rings (SSSR count). The number of nitrogens with one attached hydrogen (secondary N) is 1. The standard InChI is InChI=1S/C14H16BrNO3/c1-9-5-10(15)6-13(18-2)14(9)16-7-11-3-4-12(8-17)19-11/h3-6,16-17H,7-8H2,1-2H3. The first-order valence-corrected chi connectivity index (χ1v) is 6.69. The van der Waals surface area contributed by atoms with Crippen molar-refractivity contribution in [3.63, 3.8) is 0 Å². The molecule has 102 valence electrons. The number of anilines is 1. The number of aryl methyl sites for hydroxylation is 1. The van der Waals surface area contributed by atoms with E-state index in [1.807, 2.05) is 25.1 Å². The molecule has 2 aromatic rings. The zero-order valence-corrected chi connectivity index (χ0v) is 12.5. The summed E-state index contributed by atoms with van der Waals surface area (Å²) in [5.41, 5.74) is 2.02. The van der Waals surface area contributed by atoms with Crippen molar-refractivity contribution in [3.05, 3.63) is 45.8 Å². The van der Waals surface area contributed by atoms with E-state index in [9.17, 15) is 0 Å². The van der Waals surface area contributed by atoms with Crippen molar-refractivity contribution in [2.24, 2.45) is 0 Å². The summed E-state index contributed by atoms with van der Waals surface area (Å²) in [4.78, 5) is 0. The maximum absolute atomic E-state index is 8.95. The number of halogens is 1. The lowest BCUT2D eigenvalue weighted by atomic mass is 10.2. The maximum atomic E-state index is 8.95. The number of hydrogen-bond acceptors (Lipinski definition) is 4. The summed E-state index contributed by atoms with van der Waals surface area (Å²) in [5, 5.41) is 12.2. The molecule has 0 aliphatic carbocycles. The molecule has 0 saturated carbocycles. The quantitative estimate of drug-likeness (QED) is 0.883. The van der Waals surface area contributed by atoms with E-state index in [0.717, 1.165) is 27.2 Å². The van der Waals surface area contributed by atoms with E-state index < -0.39 is 0 Å². The second-order valence-electron chi connectivity index (χ2n) is 4.18. The molecule has 0 amide bonds. The van der Waals surface area contributed by atoms with Crippen molar-refractivity contribution in [3.8, 4) is 5.75 Å². The van der Waals surface area contributed by atoms with Crippen molar-refractivity contribution >= 4 is 21.6 Å². The summed E-state index contributed by atoms with van der Waals surface area (Å²) in [5.74, 6) is 2.12. The third-order valence-electron chi connectivity index (χ3n) is 2.80. The van der Waals surface area contributed by atoms with Crippen LogP contribution in [0.5, 0.6) is 5.75 Å². The summed E-state index contributed by atoms with van der Waals surface area (Å²) < 4.78 is 11.8. The van der Waals surface area contributed by atoms with Crippen LogP contribution >= 0.6 is 15.9 Å². The number of methoxy groups -OCH3 is 1. The van der Waals surface area contributed by atoms with Crippen LogP contribution in [0.15, 0.2) is 33.2 Å². The van der Waals surface area contributed by atoms with Crippen LogP contribution in [0, 0.1) is 6.92 Å². The minimum absolute atomic E-state index is 0.0827. The van der Waals surface area contributed by atoms with Crippen LogP contribution in [0.25, 0.3) is 0 Å². The number of hydrogen-bond donors (Lipinski definition) is 2. The van der Waals surface area contributed by atoms with Gasteiger partial charge in [0.05, 0.1) is 19.3 Å². The Morgan fingerprint density at radius 1 is 1.32 bits per heavy atom. The van der Waals surface area contributed by atoms with Gasteiger partial charge in [-0.05, 0) is 36.8 Å². The van der Waals surface area contributed by atoms with Gasteiger partial charge in [0.2, 0.25) is 0 Å². The Labute approximate surface area is 120 Å². The summed E-state index contributed by atoms with van der Waals surface area (Å²) >= 11 is 3.44. The fourth-order valence-electron chi connectivity index (χ4n) is 1.88. The molecule has 0 unspecified atom stereocenters. The van der Waals surface area contributed by atoms with Crippen molar-refractivity contribution in [1.29, 1.82) is 0 Å². The van der Waals surface area contributed by atoms with E-state index >= 15 is 0 Å². The van der Waals surface area contributed by atoms with Crippen LogP contribution in [0.2, 0.25) is 0 Å². The Bertz CT molecular complexity index is 566. The zero-order valence-electron chi connectivity index (χ0n) is 10.9. The molecular formula is C14H16BrNO3. The Morgan fingerprint density at radius 2 is 2.05 bits per heavy atom. The van der Waals surface area contributed by atoms with Gasteiger partial charge in [0, 0.05) is 4.47 Å². The molecule has 1 heterocycles. The van der Waals surface area contributed by atoms with E-state index in [1.165, 1.54) is 0 Å². The number of benzene rings is 1. The van der Waals surface area contributed by atoms with Crippen LogP contribution < -0.4 is 10.1 Å². The van der Waals surface area contributed by atoms with Gasteiger partial charge in [-0.2, -0.15) is 0 Å². The minimum Gasteiger partial charge on any atom is -0.495 e. The molecule has 4 nitrogen and oxygen atoms in total. The van der Waals surface area contributed by atoms with Gasteiger partial charge < -0.3 is 19.6 Å². The van der Waals surface area contributed by atoms with Gasteiger partial charge >= 0.3 is 0 Å². The van der Waals surface area contributed by atoms with Gasteiger partial charge in [0.15, 0.2) is 0 Å². The SMILES string of the molecule is COc1cc(Br)cc(C)c1NCc1ccc(CO)o1. The third-order valence-corrected chi connectivity index (χ3v) is 3.25. The molecule has 2 N–H and O–H groups in total. The molecule has 0 fully saturated rings. The van der Waals surface area contributed by atoms with E-state index in [1.54, 1.807) is 13.2 Å². The first-order valence-electron chi connectivity index (χ1n) is 5.90. The van der Waals surface area contributed by atoms with Crippen LogP contribution in [0.1, 0.15) is 17.1 Å². The summed E-state index contributed by atoms with van der Waals surface area (Å²) in [6.07, 6.45) is 0. The van der Waals surface area contributed by atoms with Crippen molar-refractivity contribution in [2.45, 2.75) is 20.1 Å². The van der Waals surface area contributed by atoms with Crippen LogP contribution in [-0.4, -0.2) is 12.2 Å². The lowest BCUT2D eigenvalue weighted by Gasteiger charge is -2.13. The third kappa shape index (κ3) is 3.30. The molecule has 0 aliphatic heterocycles. The normalized spacial score (nSPS) is 10.5. The highest BCUT2D eigenvalue weighted by atomic mass is 79.9. The molecule has 19 heavy (non-hydrogen) atoms. The Kier molecular flexibility index (Phi) is 4.50. The van der Waals surface area contributed by atoms with Crippen molar-refractivity contribution in [2.75, 3.05) is 12.4 Å². The van der Waals surface area contributed by atoms with Crippen molar-refractivity contribution in [1.82, 2.24) is 0 Å². The molecule has 0 radical (unpaired) electrons. The largest absolute Gasteiger partial charge is 0.495 e. The Hall–Kier alpha value is -1.46. The maximum Gasteiger partial charge on any atom is 0.143 e. The molecule has 0 atom stereocenters. The second kappa shape index (κ2) is 6.12. The van der Waals surface area contributed by atoms with Gasteiger partial charge in [0.1, 0.15) is 23.9 Å². The molecule has 0 saturated heterocycles. The highest BCUT2D eigenvalue weighted by molar-refractivity contribution is 9.10. The van der Waals surface area contributed by atoms with E-state index in [4.69, 9.17) is 14.3 Å². The highest BCUT2D eigenvalue weighted by Crippen LogP contribution is 2.32. The summed E-state index contributed by atoms with van der Waals surface area (Å²) in [6.45, 7) is 2.47. The van der Waals surface area contributed by atoms with Crippen molar-refractivity contribution < 1.29 is 14.3 Å². The van der Waals surface area contributed by atoms with Gasteiger partial charge in [-0.3, -0.25) is 0 Å². The number of rotatable bonds is 5. The average molecular weight is 326 g/mol. The average Bonchev–Trinajstić information content (AvgIpc) is 2.84. The summed E-state index contributed by atoms with van der Waals surface area (Å²) in [6, 6.07) is 7.55. The van der Waals surface area contributed by atoms with Gasteiger partial charge in [-0.1, -0.05) is 15.9 Å². The molecule has 1 aromatic carbocycles. The van der Waals surface area contributed by atoms with Crippen LogP contribution in [0.3, 0.4) is 0 Å². The zero-order chi connectivity index (χ0) is 13.8. The fourth-order valence-corrected chi connectivity index (χ4v) is 2.43. The molecule has 0 spiro atoms. The number of ether oxygens (including phenoxy) is 1. The molecular weight excluding hydrogens is 310 g/mol. The predicted molar refractivity (Wildman–Crippen MR) is 77.4 cm³/mol. The smallest absolute Gasteiger partial charge is 0.143 e. The predicted octanol–water partition coefficient (Wildman–Crippen LogP) is 3.46. The van der Waals surface area contributed by atoms with E-state index in [2.05, 4.69) is 21.2 Å². The summed E-state index contributed by atoms with van der Waals surface area (Å²) in [7, 11) is 1.64. The lowest BCUT2D eigenvalue weighted by Crippen LogP contribution is -2.02. The first-order chi connectivity index (χ1) is 9.13.